The van der Waals surface area contributed by atoms with Crippen LogP contribution in [0.4, 0.5) is 0 Å². The standard InChI is InChI=1S/C31H36N6O2/c1-23-20-35(22-32-23)27-10-8-24(19-28(27)39-2)9-11-29-33-30-26(7-6-16-37(30)34-29)25-12-17-36(18-13-25)31(21-38)14-4-3-5-15-31/h3-5,8-11,14,19-22,25-26H,6-7,12-13,15-18H2,1-2H3. The highest BCUT2D eigenvalue weighted by atomic mass is 16.5. The molecule has 8 heteroatoms. The van der Waals surface area contributed by atoms with E-state index >= 15 is 0 Å². The van der Waals surface area contributed by atoms with Crippen molar-refractivity contribution in [3.8, 4) is 11.4 Å². The Morgan fingerprint density at radius 2 is 1.97 bits per heavy atom. The Morgan fingerprint density at radius 1 is 1.10 bits per heavy atom. The number of aromatic nitrogens is 5. The Balaban J connectivity index is 1.15. The van der Waals surface area contributed by atoms with Crippen LogP contribution in [0.25, 0.3) is 17.8 Å². The Morgan fingerprint density at radius 3 is 2.69 bits per heavy atom. The van der Waals surface area contributed by atoms with Crippen LogP contribution in [0.3, 0.4) is 0 Å². The van der Waals surface area contributed by atoms with Crippen molar-refractivity contribution in [3.05, 3.63) is 77.9 Å². The van der Waals surface area contributed by atoms with Crippen molar-refractivity contribution >= 4 is 18.4 Å². The summed E-state index contributed by atoms with van der Waals surface area (Å²) >= 11 is 0. The summed E-state index contributed by atoms with van der Waals surface area (Å²) in [5, 5.41) is 4.84. The van der Waals surface area contributed by atoms with E-state index in [0.717, 1.165) is 92.4 Å². The number of hydrogen-bond donors (Lipinski definition) is 0. The molecule has 2 unspecified atom stereocenters. The van der Waals surface area contributed by atoms with Crippen LogP contribution >= 0.6 is 0 Å². The predicted octanol–water partition coefficient (Wildman–Crippen LogP) is 4.99. The zero-order valence-corrected chi connectivity index (χ0v) is 22.7. The fourth-order valence-electron chi connectivity index (χ4n) is 6.39. The van der Waals surface area contributed by atoms with Crippen molar-refractivity contribution in [1.29, 1.82) is 0 Å². The number of piperidine rings is 1. The van der Waals surface area contributed by atoms with E-state index in [1.807, 2.05) is 54.1 Å². The van der Waals surface area contributed by atoms with Crippen molar-refractivity contribution in [2.24, 2.45) is 5.92 Å². The van der Waals surface area contributed by atoms with Crippen LogP contribution < -0.4 is 4.74 Å². The van der Waals surface area contributed by atoms with Gasteiger partial charge in [-0.15, -0.1) is 0 Å². The molecule has 3 aromatic rings. The monoisotopic (exact) mass is 524 g/mol. The highest BCUT2D eigenvalue weighted by Gasteiger charge is 2.39. The van der Waals surface area contributed by atoms with Gasteiger partial charge in [0.25, 0.3) is 0 Å². The van der Waals surface area contributed by atoms with Gasteiger partial charge in [0.1, 0.15) is 17.9 Å². The number of ether oxygens (including phenoxy) is 1. The molecule has 0 radical (unpaired) electrons. The molecular weight excluding hydrogens is 488 g/mol. The first kappa shape index (κ1) is 25.5. The molecule has 4 heterocycles. The van der Waals surface area contributed by atoms with E-state index in [1.165, 1.54) is 0 Å². The van der Waals surface area contributed by atoms with Gasteiger partial charge in [0, 0.05) is 18.7 Å². The Labute approximate surface area is 229 Å². The van der Waals surface area contributed by atoms with Gasteiger partial charge >= 0.3 is 0 Å². The number of rotatable bonds is 7. The molecule has 0 spiro atoms. The first-order chi connectivity index (χ1) is 19.1. The summed E-state index contributed by atoms with van der Waals surface area (Å²) in [6.07, 6.45) is 22.4. The van der Waals surface area contributed by atoms with Gasteiger partial charge in [-0.3, -0.25) is 4.90 Å². The van der Waals surface area contributed by atoms with E-state index in [-0.39, 0.29) is 0 Å². The lowest BCUT2D eigenvalue weighted by Crippen LogP contribution is -2.52. The number of aldehydes is 1. The van der Waals surface area contributed by atoms with E-state index < -0.39 is 5.54 Å². The van der Waals surface area contributed by atoms with Crippen LogP contribution in [0.5, 0.6) is 5.75 Å². The molecule has 8 nitrogen and oxygen atoms in total. The average molecular weight is 525 g/mol. The maximum atomic E-state index is 12.0. The summed E-state index contributed by atoms with van der Waals surface area (Å²) in [6, 6.07) is 6.14. The van der Waals surface area contributed by atoms with Crippen molar-refractivity contribution in [2.75, 3.05) is 20.2 Å². The zero-order chi connectivity index (χ0) is 26.8. The van der Waals surface area contributed by atoms with Gasteiger partial charge < -0.3 is 14.1 Å². The summed E-state index contributed by atoms with van der Waals surface area (Å²) in [7, 11) is 1.69. The van der Waals surface area contributed by atoms with E-state index in [4.69, 9.17) is 14.8 Å². The van der Waals surface area contributed by atoms with Gasteiger partial charge in [0.15, 0.2) is 5.82 Å². The van der Waals surface area contributed by atoms with Gasteiger partial charge in [0.05, 0.1) is 30.4 Å². The minimum Gasteiger partial charge on any atom is -0.495 e. The molecule has 3 aliphatic rings. The second-order valence-corrected chi connectivity index (χ2v) is 10.9. The van der Waals surface area contributed by atoms with Crippen molar-refractivity contribution in [2.45, 2.75) is 57.0 Å². The van der Waals surface area contributed by atoms with Crippen molar-refractivity contribution < 1.29 is 9.53 Å². The van der Waals surface area contributed by atoms with Gasteiger partial charge in [-0.25, -0.2) is 14.6 Å². The zero-order valence-electron chi connectivity index (χ0n) is 22.7. The number of aryl methyl sites for hydroxylation is 2. The number of hydrogen-bond acceptors (Lipinski definition) is 6. The quantitative estimate of drug-likeness (QED) is 0.405. The van der Waals surface area contributed by atoms with Crippen LogP contribution in [0.2, 0.25) is 0 Å². The first-order valence-corrected chi connectivity index (χ1v) is 14.0. The molecule has 2 aliphatic heterocycles. The summed E-state index contributed by atoms with van der Waals surface area (Å²) in [4.78, 5) is 23.7. The third-order valence-corrected chi connectivity index (χ3v) is 8.53. The number of methoxy groups -OCH3 is 1. The lowest BCUT2D eigenvalue weighted by Gasteiger charge is -2.44. The SMILES string of the molecule is COc1cc(C=Cc2nc3n(n2)CCCC3C2CCN(C3(C=O)C=CC=CC3)CC2)ccc1-n1cnc(C)c1. The van der Waals surface area contributed by atoms with Gasteiger partial charge in [-0.1, -0.05) is 36.4 Å². The van der Waals surface area contributed by atoms with Gasteiger partial charge in [0.2, 0.25) is 0 Å². The Hall–Kier alpha value is -3.78. The minimum absolute atomic E-state index is 0.419. The summed E-state index contributed by atoms with van der Waals surface area (Å²) in [6.45, 7) is 4.77. The third-order valence-electron chi connectivity index (χ3n) is 8.53. The lowest BCUT2D eigenvalue weighted by molar-refractivity contribution is -0.117. The first-order valence-electron chi connectivity index (χ1n) is 14.0. The van der Waals surface area contributed by atoms with Crippen LogP contribution in [0.15, 0.2) is 55.0 Å². The largest absolute Gasteiger partial charge is 0.495 e. The normalized spacial score (nSPS) is 23.8. The Kier molecular flexibility index (Phi) is 7.04. The van der Waals surface area contributed by atoms with Crippen molar-refractivity contribution in [3.63, 3.8) is 0 Å². The summed E-state index contributed by atoms with van der Waals surface area (Å²) in [5.74, 6) is 3.64. The van der Waals surface area contributed by atoms with Gasteiger partial charge in [-0.05, 0) is 81.8 Å². The van der Waals surface area contributed by atoms with Crippen LogP contribution in [0.1, 0.15) is 60.9 Å². The summed E-state index contributed by atoms with van der Waals surface area (Å²) in [5.41, 5.74) is 2.47. The fraction of sp³-hybridized carbons (Fsp3) is 0.419. The van der Waals surface area contributed by atoms with Crippen LogP contribution in [0, 0.1) is 12.8 Å². The number of imidazole rings is 1. The van der Waals surface area contributed by atoms with Gasteiger partial charge in [-0.2, -0.15) is 5.10 Å². The molecule has 1 fully saturated rings. The van der Waals surface area contributed by atoms with Crippen LogP contribution in [-0.4, -0.2) is 61.2 Å². The number of allylic oxidation sites excluding steroid dienone is 2. The van der Waals surface area contributed by atoms with E-state index in [2.05, 4.69) is 32.8 Å². The molecule has 1 saturated heterocycles. The molecule has 0 amide bonds. The topological polar surface area (TPSA) is 78.1 Å². The molecule has 1 aliphatic carbocycles. The number of benzene rings is 1. The molecule has 0 bridgehead atoms. The molecule has 0 N–H and O–H groups in total. The average Bonchev–Trinajstić information content (AvgIpc) is 3.62. The molecule has 1 aromatic carbocycles. The number of carbonyl (C=O) groups excluding carboxylic acids is 1. The summed E-state index contributed by atoms with van der Waals surface area (Å²) < 4.78 is 9.75. The maximum Gasteiger partial charge on any atom is 0.174 e. The molecule has 0 saturated carbocycles. The molecule has 6 rings (SSSR count). The predicted molar refractivity (Wildman–Crippen MR) is 152 cm³/mol. The highest BCUT2D eigenvalue weighted by molar-refractivity contribution is 5.70. The van der Waals surface area contributed by atoms with E-state index in [9.17, 15) is 4.79 Å². The Bertz CT molecular complexity index is 1420. The van der Waals surface area contributed by atoms with Crippen molar-refractivity contribution in [1.82, 2.24) is 29.2 Å². The molecule has 2 aromatic heterocycles. The molecule has 39 heavy (non-hydrogen) atoms. The minimum atomic E-state index is -0.469. The molecular formula is C31H36N6O2. The molecule has 202 valence electrons. The molecule has 2 atom stereocenters. The second kappa shape index (κ2) is 10.8. The second-order valence-electron chi connectivity index (χ2n) is 10.9. The number of nitrogens with zero attached hydrogens (tertiary/aromatic N) is 6. The lowest BCUT2D eigenvalue weighted by atomic mass is 9.78. The maximum absolute atomic E-state index is 12.0. The van der Waals surface area contributed by atoms with E-state index in [0.29, 0.717) is 11.8 Å². The number of fused-ring (bicyclic) bond motifs is 1. The van der Waals surface area contributed by atoms with Crippen LogP contribution in [-0.2, 0) is 11.3 Å². The smallest absolute Gasteiger partial charge is 0.174 e. The number of likely N-dealkylation sites (tertiary alicyclic amines) is 1. The van der Waals surface area contributed by atoms with E-state index in [1.54, 1.807) is 13.4 Å². The fourth-order valence-corrected chi connectivity index (χ4v) is 6.39. The highest BCUT2D eigenvalue weighted by Crippen LogP contribution is 2.40. The third kappa shape index (κ3) is 5.01. The number of carbonyl (C=O) groups is 1.